The second kappa shape index (κ2) is 5.35. The largest absolute Gasteiger partial charge is 0.496 e. The van der Waals surface area contributed by atoms with E-state index in [-0.39, 0.29) is 4.94 Å². The standard InChI is InChI=1S/C14H17NO3S/c1-17-11-8-13-12(18-14(16)19-13)7-10(11)6-9-2-4-15-5-3-9/h7-9,15H,2-6H2,1H3. The summed E-state index contributed by atoms with van der Waals surface area (Å²) in [6.45, 7) is 2.17. The van der Waals surface area contributed by atoms with E-state index >= 15 is 0 Å². The Morgan fingerprint density at radius 1 is 1.42 bits per heavy atom. The fourth-order valence-corrected chi connectivity index (χ4v) is 3.37. The van der Waals surface area contributed by atoms with Crippen molar-refractivity contribution in [1.82, 2.24) is 5.32 Å². The third-order valence-corrected chi connectivity index (χ3v) is 4.49. The first-order chi connectivity index (χ1) is 9.26. The van der Waals surface area contributed by atoms with Crippen LogP contribution >= 0.6 is 11.3 Å². The van der Waals surface area contributed by atoms with Crippen LogP contribution in [0, 0.1) is 5.92 Å². The monoisotopic (exact) mass is 279 g/mol. The van der Waals surface area contributed by atoms with Gasteiger partial charge in [0.25, 0.3) is 0 Å². The molecule has 2 aromatic rings. The number of piperidine rings is 1. The fraction of sp³-hybridized carbons (Fsp3) is 0.500. The zero-order chi connectivity index (χ0) is 13.2. The highest BCUT2D eigenvalue weighted by molar-refractivity contribution is 7.16. The molecular weight excluding hydrogens is 262 g/mol. The summed E-state index contributed by atoms with van der Waals surface area (Å²) in [4.78, 5) is 11.0. The van der Waals surface area contributed by atoms with Crippen LogP contribution in [0.15, 0.2) is 21.3 Å². The Bertz CT molecular complexity index is 625. The van der Waals surface area contributed by atoms with Gasteiger partial charge in [-0.05, 0) is 49.9 Å². The average Bonchev–Trinajstić information content (AvgIpc) is 2.78. The van der Waals surface area contributed by atoms with Crippen LogP contribution in [-0.2, 0) is 6.42 Å². The summed E-state index contributed by atoms with van der Waals surface area (Å²) in [6.07, 6.45) is 3.36. The molecular formula is C14H17NO3S. The molecule has 3 rings (SSSR count). The quantitative estimate of drug-likeness (QED) is 0.937. The molecule has 2 heterocycles. The van der Waals surface area contributed by atoms with Crippen molar-refractivity contribution in [3.63, 3.8) is 0 Å². The van der Waals surface area contributed by atoms with Gasteiger partial charge in [0.2, 0.25) is 0 Å². The molecule has 1 saturated heterocycles. The summed E-state index contributed by atoms with van der Waals surface area (Å²) >= 11 is 1.12. The minimum absolute atomic E-state index is 0.254. The third-order valence-electron chi connectivity index (χ3n) is 3.70. The van der Waals surface area contributed by atoms with Gasteiger partial charge in [-0.25, -0.2) is 4.79 Å². The normalized spacial score (nSPS) is 16.9. The highest BCUT2D eigenvalue weighted by Gasteiger charge is 2.17. The van der Waals surface area contributed by atoms with E-state index in [0.717, 1.165) is 46.9 Å². The van der Waals surface area contributed by atoms with Crippen LogP contribution in [0.2, 0.25) is 0 Å². The lowest BCUT2D eigenvalue weighted by molar-refractivity contribution is 0.361. The van der Waals surface area contributed by atoms with E-state index in [1.165, 1.54) is 12.8 Å². The van der Waals surface area contributed by atoms with Gasteiger partial charge in [-0.15, -0.1) is 0 Å². The Labute approximate surface area is 115 Å². The molecule has 0 unspecified atom stereocenters. The summed E-state index contributed by atoms with van der Waals surface area (Å²) in [7, 11) is 1.68. The maximum atomic E-state index is 11.3. The van der Waals surface area contributed by atoms with Crippen LogP contribution in [0.25, 0.3) is 10.3 Å². The zero-order valence-electron chi connectivity index (χ0n) is 10.9. The number of benzene rings is 1. The van der Waals surface area contributed by atoms with Crippen molar-refractivity contribution >= 4 is 21.6 Å². The van der Waals surface area contributed by atoms with Crippen molar-refractivity contribution in [2.75, 3.05) is 20.2 Å². The number of fused-ring (bicyclic) bond motifs is 1. The predicted molar refractivity (Wildman–Crippen MR) is 76.2 cm³/mol. The van der Waals surface area contributed by atoms with Crippen molar-refractivity contribution in [3.05, 3.63) is 27.4 Å². The van der Waals surface area contributed by atoms with Crippen molar-refractivity contribution in [2.24, 2.45) is 5.92 Å². The Hall–Kier alpha value is -1.33. The minimum atomic E-state index is -0.254. The maximum absolute atomic E-state index is 11.3. The first-order valence-corrected chi connectivity index (χ1v) is 7.39. The summed E-state index contributed by atoms with van der Waals surface area (Å²) in [5.41, 5.74) is 1.82. The Morgan fingerprint density at radius 2 is 2.21 bits per heavy atom. The second-order valence-electron chi connectivity index (χ2n) is 4.96. The summed E-state index contributed by atoms with van der Waals surface area (Å²) in [6, 6.07) is 3.88. The number of hydrogen-bond acceptors (Lipinski definition) is 5. The van der Waals surface area contributed by atoms with E-state index in [1.807, 2.05) is 12.1 Å². The van der Waals surface area contributed by atoms with Crippen LogP contribution in [-0.4, -0.2) is 20.2 Å². The molecule has 1 aromatic heterocycles. The molecule has 0 amide bonds. The predicted octanol–water partition coefficient (Wildman–Crippen LogP) is 2.41. The van der Waals surface area contributed by atoms with Crippen molar-refractivity contribution < 1.29 is 9.15 Å². The van der Waals surface area contributed by atoms with Gasteiger partial charge in [-0.2, -0.15) is 0 Å². The molecule has 1 N–H and O–H groups in total. The highest BCUT2D eigenvalue weighted by atomic mass is 32.1. The van der Waals surface area contributed by atoms with Gasteiger partial charge in [0, 0.05) is 6.07 Å². The van der Waals surface area contributed by atoms with Gasteiger partial charge >= 0.3 is 4.94 Å². The molecule has 5 heteroatoms. The summed E-state index contributed by atoms with van der Waals surface area (Å²) in [5, 5.41) is 3.37. The topological polar surface area (TPSA) is 51.5 Å². The number of methoxy groups -OCH3 is 1. The average molecular weight is 279 g/mol. The van der Waals surface area contributed by atoms with Gasteiger partial charge in [0.05, 0.1) is 11.8 Å². The van der Waals surface area contributed by atoms with Crippen molar-refractivity contribution in [2.45, 2.75) is 19.3 Å². The van der Waals surface area contributed by atoms with E-state index in [0.29, 0.717) is 11.5 Å². The van der Waals surface area contributed by atoms with Crippen LogP contribution in [0.1, 0.15) is 18.4 Å². The van der Waals surface area contributed by atoms with Crippen LogP contribution in [0.3, 0.4) is 0 Å². The second-order valence-corrected chi connectivity index (χ2v) is 5.94. The molecule has 1 fully saturated rings. The third kappa shape index (κ3) is 2.67. The number of nitrogens with one attached hydrogen (secondary N) is 1. The fourth-order valence-electron chi connectivity index (χ4n) is 2.69. The van der Waals surface area contributed by atoms with Crippen molar-refractivity contribution in [1.29, 1.82) is 0 Å². The molecule has 102 valence electrons. The van der Waals surface area contributed by atoms with E-state index in [4.69, 9.17) is 9.15 Å². The lowest BCUT2D eigenvalue weighted by Gasteiger charge is -2.23. The maximum Gasteiger partial charge on any atom is 0.396 e. The molecule has 1 aliphatic rings. The van der Waals surface area contributed by atoms with E-state index in [2.05, 4.69) is 5.32 Å². The highest BCUT2D eigenvalue weighted by Crippen LogP contribution is 2.30. The number of rotatable bonds is 3. The lowest BCUT2D eigenvalue weighted by atomic mass is 9.90. The molecule has 19 heavy (non-hydrogen) atoms. The van der Waals surface area contributed by atoms with Crippen LogP contribution in [0.5, 0.6) is 5.75 Å². The van der Waals surface area contributed by atoms with E-state index in [9.17, 15) is 4.79 Å². The Morgan fingerprint density at radius 3 is 2.95 bits per heavy atom. The minimum Gasteiger partial charge on any atom is -0.496 e. The molecule has 0 bridgehead atoms. The number of ether oxygens (including phenoxy) is 1. The SMILES string of the molecule is COc1cc2sc(=O)oc2cc1CC1CCNCC1. The molecule has 0 saturated carbocycles. The van der Waals surface area contributed by atoms with Crippen molar-refractivity contribution in [3.8, 4) is 5.75 Å². The van der Waals surface area contributed by atoms with Gasteiger partial charge in [-0.1, -0.05) is 11.3 Å². The van der Waals surface area contributed by atoms with Gasteiger partial charge < -0.3 is 14.5 Å². The first-order valence-electron chi connectivity index (χ1n) is 6.57. The first kappa shape index (κ1) is 12.7. The summed E-state index contributed by atoms with van der Waals surface area (Å²) in [5.74, 6) is 1.54. The van der Waals surface area contributed by atoms with Gasteiger partial charge in [-0.3, -0.25) is 0 Å². The van der Waals surface area contributed by atoms with Gasteiger partial charge in [0.1, 0.15) is 11.3 Å². The number of hydrogen-bond donors (Lipinski definition) is 1. The Kier molecular flexibility index (Phi) is 3.57. The molecule has 0 aliphatic carbocycles. The molecule has 0 radical (unpaired) electrons. The molecule has 0 atom stereocenters. The van der Waals surface area contributed by atoms with Crippen LogP contribution in [0.4, 0.5) is 0 Å². The smallest absolute Gasteiger partial charge is 0.396 e. The van der Waals surface area contributed by atoms with E-state index in [1.54, 1.807) is 7.11 Å². The molecule has 1 aliphatic heterocycles. The van der Waals surface area contributed by atoms with E-state index < -0.39 is 0 Å². The lowest BCUT2D eigenvalue weighted by Crippen LogP contribution is -2.28. The Balaban J connectivity index is 1.93. The molecule has 4 nitrogen and oxygen atoms in total. The van der Waals surface area contributed by atoms with Crippen LogP contribution < -0.4 is 15.0 Å². The summed E-state index contributed by atoms with van der Waals surface area (Å²) < 4.78 is 11.5. The van der Waals surface area contributed by atoms with Gasteiger partial charge in [0.15, 0.2) is 0 Å². The zero-order valence-corrected chi connectivity index (χ0v) is 11.7. The molecule has 0 spiro atoms. The molecule has 1 aromatic carbocycles.